The van der Waals surface area contributed by atoms with Crippen LogP contribution >= 0.6 is 0 Å². The molecule has 80 valence electrons. The van der Waals surface area contributed by atoms with Crippen molar-refractivity contribution in [2.24, 2.45) is 0 Å². The van der Waals surface area contributed by atoms with E-state index in [9.17, 15) is 9.59 Å². The van der Waals surface area contributed by atoms with Crippen molar-refractivity contribution in [3.05, 3.63) is 0 Å². The fourth-order valence-corrected chi connectivity index (χ4v) is 1.34. The number of carbonyl (C=O) groups is 2. The highest BCUT2D eigenvalue weighted by Gasteiger charge is 2.26. The van der Waals surface area contributed by atoms with Crippen molar-refractivity contribution in [3.63, 3.8) is 0 Å². The minimum absolute atomic E-state index is 0.166. The number of hydrogen-bond donors (Lipinski definition) is 2. The van der Waals surface area contributed by atoms with Gasteiger partial charge in [0, 0.05) is 20.0 Å². The van der Waals surface area contributed by atoms with Crippen molar-refractivity contribution in [2.75, 3.05) is 26.3 Å². The first-order chi connectivity index (χ1) is 6.61. The summed E-state index contributed by atoms with van der Waals surface area (Å²) in [7, 11) is 0. The Morgan fingerprint density at radius 1 is 1.64 bits per heavy atom. The molecule has 1 atom stereocenters. The van der Waals surface area contributed by atoms with Gasteiger partial charge < -0.3 is 15.2 Å². The Morgan fingerprint density at radius 2 is 2.36 bits per heavy atom. The second-order valence-electron chi connectivity index (χ2n) is 3.14. The van der Waals surface area contributed by atoms with E-state index in [4.69, 9.17) is 9.84 Å². The summed E-state index contributed by atoms with van der Waals surface area (Å²) >= 11 is 0. The second kappa shape index (κ2) is 4.80. The summed E-state index contributed by atoms with van der Waals surface area (Å²) in [4.78, 5) is 22.7. The first-order valence-corrected chi connectivity index (χ1v) is 4.43. The van der Waals surface area contributed by atoms with Crippen molar-refractivity contribution < 1.29 is 19.4 Å². The van der Waals surface area contributed by atoms with Crippen LogP contribution in [0, 0.1) is 0 Å². The topological polar surface area (TPSA) is 78.9 Å². The number of hydrogen-bond acceptors (Lipinski definition) is 3. The minimum Gasteiger partial charge on any atom is -0.465 e. The second-order valence-corrected chi connectivity index (χ2v) is 3.14. The molecule has 2 amide bonds. The number of morpholine rings is 1. The third kappa shape index (κ3) is 2.88. The first kappa shape index (κ1) is 10.8. The maximum atomic E-state index is 10.8. The van der Waals surface area contributed by atoms with E-state index < -0.39 is 6.09 Å². The van der Waals surface area contributed by atoms with Crippen molar-refractivity contribution in [1.82, 2.24) is 10.2 Å². The number of nitrogens with zero attached hydrogens (tertiary/aromatic N) is 1. The van der Waals surface area contributed by atoms with Crippen LogP contribution in [0.4, 0.5) is 4.79 Å². The largest absolute Gasteiger partial charge is 0.465 e. The Kier molecular flexibility index (Phi) is 3.70. The number of amides is 2. The van der Waals surface area contributed by atoms with Crippen LogP contribution in [0.25, 0.3) is 0 Å². The monoisotopic (exact) mass is 202 g/mol. The molecule has 1 heterocycles. The van der Waals surface area contributed by atoms with Crippen LogP contribution in [-0.2, 0) is 9.53 Å². The van der Waals surface area contributed by atoms with Gasteiger partial charge in [0.15, 0.2) is 0 Å². The molecule has 0 spiro atoms. The van der Waals surface area contributed by atoms with Gasteiger partial charge in [0.1, 0.15) is 0 Å². The van der Waals surface area contributed by atoms with E-state index in [1.165, 1.54) is 11.8 Å². The molecule has 0 radical (unpaired) electrons. The normalized spacial score (nSPS) is 21.8. The van der Waals surface area contributed by atoms with Crippen LogP contribution in [0.5, 0.6) is 0 Å². The lowest BCUT2D eigenvalue weighted by Crippen LogP contribution is -2.52. The number of carbonyl (C=O) groups excluding carboxylic acids is 1. The van der Waals surface area contributed by atoms with Gasteiger partial charge in [0.2, 0.25) is 5.91 Å². The Bertz CT molecular complexity index is 231. The fraction of sp³-hybridized carbons (Fsp3) is 0.750. The van der Waals surface area contributed by atoms with Crippen LogP contribution in [0.3, 0.4) is 0 Å². The Hall–Kier alpha value is -1.30. The molecule has 14 heavy (non-hydrogen) atoms. The summed E-state index contributed by atoms with van der Waals surface area (Å²) in [6.07, 6.45) is -0.969. The molecule has 0 aromatic heterocycles. The molecule has 0 aromatic carbocycles. The average Bonchev–Trinajstić information content (AvgIpc) is 2.15. The molecule has 0 aliphatic carbocycles. The summed E-state index contributed by atoms with van der Waals surface area (Å²) in [6.45, 7) is 2.82. The molecule has 1 rings (SSSR count). The van der Waals surface area contributed by atoms with Gasteiger partial charge in [-0.1, -0.05) is 0 Å². The average molecular weight is 202 g/mol. The van der Waals surface area contributed by atoms with Gasteiger partial charge in [0.25, 0.3) is 0 Å². The number of nitrogens with one attached hydrogen (secondary N) is 1. The van der Waals surface area contributed by atoms with E-state index in [0.29, 0.717) is 26.3 Å². The lowest BCUT2D eigenvalue weighted by Gasteiger charge is -2.33. The molecule has 0 saturated carbocycles. The van der Waals surface area contributed by atoms with Crippen LogP contribution in [0.15, 0.2) is 0 Å². The number of carboxylic acid groups (broad SMARTS) is 1. The van der Waals surface area contributed by atoms with E-state index in [1.54, 1.807) is 0 Å². The highest BCUT2D eigenvalue weighted by atomic mass is 16.5. The third-order valence-corrected chi connectivity index (χ3v) is 2.06. The Balaban J connectivity index is 2.45. The van der Waals surface area contributed by atoms with E-state index >= 15 is 0 Å². The zero-order valence-corrected chi connectivity index (χ0v) is 8.02. The van der Waals surface area contributed by atoms with Gasteiger partial charge in [-0.25, -0.2) is 4.79 Å². The van der Waals surface area contributed by atoms with Crippen LogP contribution in [-0.4, -0.2) is 54.4 Å². The van der Waals surface area contributed by atoms with Gasteiger partial charge in [-0.2, -0.15) is 0 Å². The molecule has 1 aliphatic heterocycles. The molecule has 2 N–H and O–H groups in total. The molecular formula is C8H14N2O4. The number of rotatable bonds is 2. The molecule has 1 unspecified atom stereocenters. The van der Waals surface area contributed by atoms with E-state index in [0.717, 1.165) is 0 Å². The van der Waals surface area contributed by atoms with Crippen molar-refractivity contribution in [2.45, 2.75) is 13.0 Å². The lowest BCUT2D eigenvalue weighted by molar-refractivity contribution is -0.119. The lowest BCUT2D eigenvalue weighted by atomic mass is 10.2. The molecule has 1 saturated heterocycles. The van der Waals surface area contributed by atoms with E-state index in [1.807, 2.05) is 0 Å². The maximum absolute atomic E-state index is 10.8. The predicted octanol–water partition coefficient (Wildman–Crippen LogP) is -0.499. The zero-order chi connectivity index (χ0) is 10.6. The molecule has 0 bridgehead atoms. The van der Waals surface area contributed by atoms with Gasteiger partial charge in [0.05, 0.1) is 19.3 Å². The summed E-state index contributed by atoms with van der Waals surface area (Å²) in [5.41, 5.74) is 0. The fourth-order valence-electron chi connectivity index (χ4n) is 1.34. The van der Waals surface area contributed by atoms with Gasteiger partial charge in [-0.05, 0) is 0 Å². The van der Waals surface area contributed by atoms with Gasteiger partial charge in [-0.15, -0.1) is 0 Å². The van der Waals surface area contributed by atoms with E-state index in [-0.39, 0.29) is 11.9 Å². The Labute approximate surface area is 81.8 Å². The molecular weight excluding hydrogens is 188 g/mol. The Morgan fingerprint density at radius 3 is 2.93 bits per heavy atom. The standard InChI is InChI=1S/C8H14N2O4/c1-6(11)9-4-7-5-14-3-2-10(7)8(12)13/h7H,2-5H2,1H3,(H,9,11)(H,12,13). The summed E-state index contributed by atoms with van der Waals surface area (Å²) in [5.74, 6) is -0.166. The number of ether oxygens (including phenoxy) is 1. The van der Waals surface area contributed by atoms with Crippen LogP contribution in [0.2, 0.25) is 0 Å². The van der Waals surface area contributed by atoms with E-state index in [2.05, 4.69) is 5.32 Å². The predicted molar refractivity (Wildman–Crippen MR) is 48.0 cm³/mol. The quantitative estimate of drug-likeness (QED) is 0.632. The smallest absolute Gasteiger partial charge is 0.407 e. The van der Waals surface area contributed by atoms with Crippen molar-refractivity contribution >= 4 is 12.0 Å². The molecule has 6 nitrogen and oxygen atoms in total. The van der Waals surface area contributed by atoms with Gasteiger partial charge >= 0.3 is 6.09 Å². The third-order valence-electron chi connectivity index (χ3n) is 2.06. The molecule has 1 fully saturated rings. The SMILES string of the molecule is CC(=O)NCC1COCCN1C(=O)O. The maximum Gasteiger partial charge on any atom is 0.407 e. The first-order valence-electron chi connectivity index (χ1n) is 4.43. The van der Waals surface area contributed by atoms with Crippen LogP contribution in [0.1, 0.15) is 6.92 Å². The summed E-state index contributed by atoms with van der Waals surface area (Å²) in [6, 6.07) is -0.273. The zero-order valence-electron chi connectivity index (χ0n) is 8.02. The summed E-state index contributed by atoms with van der Waals surface area (Å²) in [5, 5.41) is 11.4. The molecule has 6 heteroatoms. The molecule has 0 aromatic rings. The minimum atomic E-state index is -0.969. The van der Waals surface area contributed by atoms with Gasteiger partial charge in [-0.3, -0.25) is 9.69 Å². The highest BCUT2D eigenvalue weighted by molar-refractivity contribution is 5.73. The van der Waals surface area contributed by atoms with Crippen LogP contribution < -0.4 is 5.32 Å². The van der Waals surface area contributed by atoms with Crippen molar-refractivity contribution in [1.29, 1.82) is 0 Å². The molecule has 1 aliphatic rings. The summed E-state index contributed by atoms with van der Waals surface area (Å²) < 4.78 is 5.14. The van der Waals surface area contributed by atoms with Crippen molar-refractivity contribution in [3.8, 4) is 0 Å². The highest BCUT2D eigenvalue weighted by Crippen LogP contribution is 2.05.